The van der Waals surface area contributed by atoms with Crippen molar-refractivity contribution >= 4 is 17.2 Å². The van der Waals surface area contributed by atoms with E-state index in [0.29, 0.717) is 6.54 Å². The van der Waals surface area contributed by atoms with E-state index in [-0.39, 0.29) is 18.5 Å². The van der Waals surface area contributed by atoms with Crippen molar-refractivity contribution < 1.29 is 9.50 Å². The molecule has 0 spiro atoms. The van der Waals surface area contributed by atoms with Gasteiger partial charge in [-0.3, -0.25) is 14.8 Å². The molecule has 1 aromatic carbocycles. The van der Waals surface area contributed by atoms with Gasteiger partial charge < -0.3 is 15.3 Å². The van der Waals surface area contributed by atoms with Crippen LogP contribution < -0.4 is 10.2 Å². The Labute approximate surface area is 244 Å². The minimum atomic E-state index is -0.572. The average molecular weight is 567 g/mol. The molecule has 0 radical (unpaired) electrons. The molecule has 0 saturated carbocycles. The Kier molecular flexibility index (Phi) is 7.19. The van der Waals surface area contributed by atoms with Gasteiger partial charge in [0.2, 0.25) is 0 Å². The Hall–Kier alpha value is -4.12. The first-order valence-electron chi connectivity index (χ1n) is 14.7. The van der Waals surface area contributed by atoms with Crippen molar-refractivity contribution in [2.45, 2.75) is 24.5 Å². The van der Waals surface area contributed by atoms with Gasteiger partial charge >= 0.3 is 0 Å². The number of aliphatic hydroxyl groups excluding tert-OH is 1. The van der Waals surface area contributed by atoms with Crippen molar-refractivity contribution in [3.05, 3.63) is 108 Å². The minimum Gasteiger partial charge on any atom is -0.395 e. The van der Waals surface area contributed by atoms with Gasteiger partial charge in [-0.1, -0.05) is 18.2 Å². The van der Waals surface area contributed by atoms with Gasteiger partial charge in [0.1, 0.15) is 23.0 Å². The van der Waals surface area contributed by atoms with Crippen molar-refractivity contribution in [1.82, 2.24) is 34.7 Å². The monoisotopic (exact) mass is 566 g/mol. The number of nitrogens with one attached hydrogen (secondary N) is 1. The molecular weight excluding hydrogens is 531 g/mol. The predicted octanol–water partition coefficient (Wildman–Crippen LogP) is 3.57. The third kappa shape index (κ3) is 4.85. The third-order valence-electron chi connectivity index (χ3n) is 8.74. The van der Waals surface area contributed by atoms with Crippen molar-refractivity contribution in [2.75, 3.05) is 50.8 Å². The normalized spacial score (nSPS) is 23.3. The second kappa shape index (κ2) is 11.3. The number of hydrogen-bond donors (Lipinski definition) is 2. The van der Waals surface area contributed by atoms with Crippen LogP contribution in [0.3, 0.4) is 0 Å². The molecule has 9 nitrogen and oxygen atoms in total. The highest BCUT2D eigenvalue weighted by atomic mass is 19.1. The topological polar surface area (TPSA) is 85.1 Å². The Morgan fingerprint density at radius 1 is 1.02 bits per heavy atom. The van der Waals surface area contributed by atoms with Crippen molar-refractivity contribution in [3.63, 3.8) is 0 Å². The summed E-state index contributed by atoms with van der Waals surface area (Å²) in [6.07, 6.45) is 13.9. The van der Waals surface area contributed by atoms with E-state index in [1.807, 2.05) is 41.3 Å². The van der Waals surface area contributed by atoms with Crippen LogP contribution >= 0.6 is 0 Å². The molecule has 2 saturated heterocycles. The highest BCUT2D eigenvalue weighted by Crippen LogP contribution is 2.37. The van der Waals surface area contributed by atoms with E-state index in [1.54, 1.807) is 12.1 Å². The Balaban J connectivity index is 1.22. The number of halogens is 1. The lowest BCUT2D eigenvalue weighted by Crippen LogP contribution is -2.61. The fraction of sp³-hybridized carbons (Fsp3) is 0.344. The Morgan fingerprint density at radius 2 is 1.88 bits per heavy atom. The first-order chi connectivity index (χ1) is 20.6. The molecule has 0 bridgehead atoms. The molecule has 2 unspecified atom stereocenters. The zero-order chi connectivity index (χ0) is 28.5. The number of anilines is 1. The van der Waals surface area contributed by atoms with E-state index in [0.717, 1.165) is 79.5 Å². The molecule has 42 heavy (non-hydrogen) atoms. The lowest BCUT2D eigenvalue weighted by atomic mass is 9.93. The van der Waals surface area contributed by atoms with Crippen LogP contribution in [0.25, 0.3) is 11.3 Å². The smallest absolute Gasteiger partial charge is 0.154 e. The summed E-state index contributed by atoms with van der Waals surface area (Å²) in [7, 11) is 0. The van der Waals surface area contributed by atoms with Gasteiger partial charge in [0.05, 0.1) is 24.5 Å². The molecule has 6 heterocycles. The Bertz CT molecular complexity index is 1610. The van der Waals surface area contributed by atoms with E-state index >= 15 is 0 Å². The van der Waals surface area contributed by atoms with Gasteiger partial charge in [0.25, 0.3) is 0 Å². The number of benzene rings is 1. The SMILES string of the molecule is OCCN1CCN(C2(c3ccncc3)C=CC=C(c3cnc4ccc(N5CCCC5c5cccc(F)c5)nn34)N2)CC1. The van der Waals surface area contributed by atoms with Crippen molar-refractivity contribution in [3.8, 4) is 0 Å². The number of dihydropyridines is 1. The van der Waals surface area contributed by atoms with Crippen LogP contribution in [-0.2, 0) is 5.66 Å². The summed E-state index contributed by atoms with van der Waals surface area (Å²) in [6, 6.07) is 15.1. The minimum absolute atomic E-state index is 0.0800. The van der Waals surface area contributed by atoms with Gasteiger partial charge in [0.15, 0.2) is 5.65 Å². The molecule has 3 aliphatic heterocycles. The maximum atomic E-state index is 14.1. The lowest BCUT2D eigenvalue weighted by Gasteiger charge is -2.48. The van der Waals surface area contributed by atoms with Crippen LogP contribution in [0.15, 0.2) is 85.3 Å². The first-order valence-corrected chi connectivity index (χ1v) is 14.7. The number of piperazine rings is 1. The fourth-order valence-corrected chi connectivity index (χ4v) is 6.63. The second-order valence-electron chi connectivity index (χ2n) is 11.1. The summed E-state index contributed by atoms with van der Waals surface area (Å²) in [5, 5.41) is 18.4. The highest BCUT2D eigenvalue weighted by molar-refractivity contribution is 5.68. The Morgan fingerprint density at radius 3 is 2.69 bits per heavy atom. The molecule has 10 heteroatoms. The predicted molar refractivity (Wildman–Crippen MR) is 160 cm³/mol. The van der Waals surface area contributed by atoms with Gasteiger partial charge in [-0.05, 0) is 72.5 Å². The molecule has 2 N–H and O–H groups in total. The third-order valence-corrected chi connectivity index (χ3v) is 8.74. The van der Waals surface area contributed by atoms with Gasteiger partial charge in [-0.2, -0.15) is 0 Å². The van der Waals surface area contributed by atoms with Crippen LogP contribution in [0, 0.1) is 5.82 Å². The summed E-state index contributed by atoms with van der Waals surface area (Å²) in [5.41, 5.74) is 4.06. The van der Waals surface area contributed by atoms with Crippen LogP contribution in [0.2, 0.25) is 0 Å². The van der Waals surface area contributed by atoms with Crippen LogP contribution in [0.1, 0.15) is 35.7 Å². The molecule has 216 valence electrons. The van der Waals surface area contributed by atoms with Crippen molar-refractivity contribution in [1.29, 1.82) is 0 Å². The summed E-state index contributed by atoms with van der Waals surface area (Å²) >= 11 is 0. The number of imidazole rings is 1. The number of fused-ring (bicyclic) bond motifs is 1. The molecule has 0 amide bonds. The second-order valence-corrected chi connectivity index (χ2v) is 11.1. The van der Waals surface area contributed by atoms with Gasteiger partial charge in [-0.25, -0.2) is 13.9 Å². The molecule has 2 fully saturated rings. The fourth-order valence-electron chi connectivity index (χ4n) is 6.63. The molecule has 7 rings (SSSR count). The summed E-state index contributed by atoms with van der Waals surface area (Å²) in [4.78, 5) is 16.0. The van der Waals surface area contributed by atoms with E-state index in [4.69, 9.17) is 5.10 Å². The molecule has 3 aliphatic rings. The van der Waals surface area contributed by atoms with Gasteiger partial charge in [0, 0.05) is 51.7 Å². The van der Waals surface area contributed by atoms with Crippen molar-refractivity contribution in [2.24, 2.45) is 0 Å². The van der Waals surface area contributed by atoms with E-state index in [9.17, 15) is 9.50 Å². The summed E-state index contributed by atoms with van der Waals surface area (Å²) < 4.78 is 16.0. The number of β-amino-alcohol motifs (C(OH)–C–C–N with tert-alkyl or cyclic N) is 1. The molecule has 4 aromatic rings. The molecule has 2 atom stereocenters. The largest absolute Gasteiger partial charge is 0.395 e. The number of pyridine rings is 1. The number of aromatic nitrogens is 4. The highest BCUT2D eigenvalue weighted by Gasteiger charge is 2.40. The molecule has 3 aromatic heterocycles. The quantitative estimate of drug-likeness (QED) is 0.351. The van der Waals surface area contributed by atoms with Gasteiger partial charge in [-0.15, -0.1) is 5.10 Å². The van der Waals surface area contributed by atoms with Crippen LogP contribution in [0.4, 0.5) is 10.2 Å². The number of hydrogen-bond acceptors (Lipinski definition) is 8. The number of rotatable bonds is 7. The van der Waals surface area contributed by atoms with E-state index < -0.39 is 5.66 Å². The number of nitrogens with zero attached hydrogens (tertiary/aromatic N) is 7. The maximum absolute atomic E-state index is 14.1. The van der Waals surface area contributed by atoms with E-state index in [1.165, 1.54) is 6.07 Å². The standard InChI is InChI=1S/C32H35FN8O/c33-26-5-1-4-24(22-26)28-7-3-15-40(28)31-9-8-30-35-23-29(41(30)37-31)27-6-2-12-32(36-27,25-10-13-34-14-11-25)39-18-16-38(17-19-39)20-21-42/h1-2,4-6,8-14,22-23,28,36,42H,3,7,15-21H2. The molecule has 0 aliphatic carbocycles. The zero-order valence-electron chi connectivity index (χ0n) is 23.5. The van der Waals surface area contributed by atoms with Crippen LogP contribution in [-0.4, -0.2) is 80.4 Å². The summed E-state index contributed by atoms with van der Waals surface area (Å²) in [6.45, 7) is 5.18. The average Bonchev–Trinajstić information content (AvgIpc) is 3.70. The lowest BCUT2D eigenvalue weighted by molar-refractivity contribution is 0.0396. The first kappa shape index (κ1) is 26.8. The van der Waals surface area contributed by atoms with Crippen LogP contribution in [0.5, 0.6) is 0 Å². The summed E-state index contributed by atoms with van der Waals surface area (Å²) in [5.74, 6) is 0.636. The zero-order valence-corrected chi connectivity index (χ0v) is 23.5. The maximum Gasteiger partial charge on any atom is 0.154 e. The number of aliphatic hydroxyl groups is 1. The number of allylic oxidation sites excluding steroid dienone is 2. The van der Waals surface area contributed by atoms with E-state index in [2.05, 4.69) is 60.3 Å². The molecular formula is C32H35FN8O.